The van der Waals surface area contributed by atoms with E-state index in [-0.39, 0.29) is 4.90 Å². The minimum Gasteiger partial charge on any atom is -0.223 e. The monoisotopic (exact) mass is 228 g/mol. The number of hydrogen-bond acceptors (Lipinski definition) is 2. The molecule has 0 spiro atoms. The van der Waals surface area contributed by atoms with Crippen molar-refractivity contribution in [3.63, 3.8) is 0 Å². The molecule has 0 aromatic heterocycles. The predicted octanol–water partition coefficient (Wildman–Crippen LogP) is 2.56. The number of rotatable bonds is 3. The van der Waals surface area contributed by atoms with Crippen LogP contribution in [0.1, 0.15) is 13.8 Å². The molecule has 0 fully saturated rings. The summed E-state index contributed by atoms with van der Waals surface area (Å²) in [7, 11) is -3.49. The highest BCUT2D eigenvalue weighted by Gasteiger charge is 2.32. The summed E-state index contributed by atoms with van der Waals surface area (Å²) in [4.78, 5) is 0.105. The van der Waals surface area contributed by atoms with Gasteiger partial charge in [-0.15, -0.1) is 6.58 Å². The highest BCUT2D eigenvalue weighted by molar-refractivity contribution is 7.93. The van der Waals surface area contributed by atoms with Crippen molar-refractivity contribution in [1.82, 2.24) is 0 Å². The zero-order valence-corrected chi connectivity index (χ0v) is 9.51. The summed E-state index contributed by atoms with van der Waals surface area (Å²) in [6.07, 6.45) is 1.37. The summed E-state index contributed by atoms with van der Waals surface area (Å²) < 4.78 is 35.6. The smallest absolute Gasteiger partial charge is 0.187 e. The maximum absolute atomic E-state index is 12.6. The zero-order valence-electron chi connectivity index (χ0n) is 8.70. The van der Waals surface area contributed by atoms with Gasteiger partial charge in [-0.2, -0.15) is 0 Å². The molecule has 0 heterocycles. The van der Waals surface area contributed by atoms with Gasteiger partial charge in [-0.05, 0) is 38.1 Å². The Hall–Kier alpha value is -1.16. The van der Waals surface area contributed by atoms with Crippen LogP contribution in [0.3, 0.4) is 0 Å². The first-order valence-corrected chi connectivity index (χ1v) is 5.93. The summed E-state index contributed by atoms with van der Waals surface area (Å²) in [5.41, 5.74) is 0. The highest BCUT2D eigenvalue weighted by atomic mass is 32.2. The number of hydrogen-bond donors (Lipinski definition) is 0. The van der Waals surface area contributed by atoms with Crippen LogP contribution in [0.2, 0.25) is 0 Å². The van der Waals surface area contributed by atoms with Gasteiger partial charge in [0.2, 0.25) is 0 Å². The molecule has 0 atom stereocenters. The van der Waals surface area contributed by atoms with Crippen LogP contribution < -0.4 is 0 Å². The molecule has 0 aliphatic heterocycles. The highest BCUT2D eigenvalue weighted by Crippen LogP contribution is 2.26. The molecule has 15 heavy (non-hydrogen) atoms. The summed E-state index contributed by atoms with van der Waals surface area (Å²) in [6.45, 7) is 6.60. The van der Waals surface area contributed by atoms with Crippen LogP contribution in [-0.2, 0) is 9.84 Å². The van der Waals surface area contributed by atoms with Crippen molar-refractivity contribution in [2.24, 2.45) is 0 Å². The largest absolute Gasteiger partial charge is 0.223 e. The lowest BCUT2D eigenvalue weighted by Gasteiger charge is -2.20. The van der Waals surface area contributed by atoms with Crippen molar-refractivity contribution in [3.8, 4) is 0 Å². The predicted molar refractivity (Wildman–Crippen MR) is 57.9 cm³/mol. The second-order valence-electron chi connectivity index (χ2n) is 3.76. The quantitative estimate of drug-likeness (QED) is 0.588. The molecule has 0 aliphatic carbocycles. The molecular formula is C11H13FO2S. The van der Waals surface area contributed by atoms with Crippen molar-refractivity contribution in [2.45, 2.75) is 23.5 Å². The zero-order chi connectivity index (χ0) is 11.7. The third kappa shape index (κ3) is 2.09. The lowest BCUT2D eigenvalue weighted by molar-refractivity contribution is 0.571. The van der Waals surface area contributed by atoms with Gasteiger partial charge in [0, 0.05) is 0 Å². The van der Waals surface area contributed by atoms with Crippen molar-refractivity contribution in [3.05, 3.63) is 42.7 Å². The van der Waals surface area contributed by atoms with E-state index in [2.05, 4.69) is 6.58 Å². The third-order valence-corrected chi connectivity index (χ3v) is 4.75. The van der Waals surface area contributed by atoms with Gasteiger partial charge in [0.05, 0.1) is 9.64 Å². The van der Waals surface area contributed by atoms with Crippen LogP contribution in [0, 0.1) is 5.82 Å². The fourth-order valence-corrected chi connectivity index (χ4v) is 2.35. The maximum Gasteiger partial charge on any atom is 0.187 e. The van der Waals surface area contributed by atoms with Gasteiger partial charge < -0.3 is 0 Å². The molecule has 0 N–H and O–H groups in total. The standard InChI is InChI=1S/C11H13FO2S/c1-4-11(2,3)15(13,14)10-7-5-9(12)6-8-10/h4-8H,1H2,2-3H3. The average Bonchev–Trinajstić information content (AvgIpc) is 2.18. The molecule has 0 aliphatic rings. The van der Waals surface area contributed by atoms with Gasteiger partial charge >= 0.3 is 0 Å². The normalized spacial score (nSPS) is 12.5. The number of halogens is 1. The Morgan fingerprint density at radius 1 is 1.27 bits per heavy atom. The third-order valence-electron chi connectivity index (χ3n) is 2.31. The molecule has 82 valence electrons. The van der Waals surface area contributed by atoms with Gasteiger partial charge in [-0.1, -0.05) is 6.08 Å². The molecule has 2 nitrogen and oxygen atoms in total. The molecule has 0 amide bonds. The van der Waals surface area contributed by atoms with E-state index in [1.807, 2.05) is 0 Å². The van der Waals surface area contributed by atoms with Crippen molar-refractivity contribution in [1.29, 1.82) is 0 Å². The number of benzene rings is 1. The summed E-state index contributed by atoms with van der Waals surface area (Å²) in [6, 6.07) is 4.78. The van der Waals surface area contributed by atoms with E-state index in [4.69, 9.17) is 0 Å². The summed E-state index contributed by atoms with van der Waals surface area (Å²) >= 11 is 0. The fourth-order valence-electron chi connectivity index (χ4n) is 1.03. The Morgan fingerprint density at radius 3 is 2.13 bits per heavy atom. The van der Waals surface area contributed by atoms with Crippen LogP contribution >= 0.6 is 0 Å². The molecule has 0 saturated heterocycles. The topological polar surface area (TPSA) is 34.1 Å². The van der Waals surface area contributed by atoms with Crippen LogP contribution in [0.5, 0.6) is 0 Å². The molecule has 1 aromatic carbocycles. The minimum atomic E-state index is -3.49. The van der Waals surface area contributed by atoms with E-state index in [0.29, 0.717) is 0 Å². The van der Waals surface area contributed by atoms with Gasteiger partial charge in [0.1, 0.15) is 5.82 Å². The second-order valence-corrected chi connectivity index (χ2v) is 6.30. The average molecular weight is 228 g/mol. The molecule has 0 unspecified atom stereocenters. The summed E-state index contributed by atoms with van der Waals surface area (Å²) in [5, 5.41) is 0. The first-order chi connectivity index (χ1) is 6.81. The Kier molecular flexibility index (Phi) is 3.00. The lowest BCUT2D eigenvalue weighted by atomic mass is 10.2. The molecule has 0 saturated carbocycles. The van der Waals surface area contributed by atoms with Gasteiger partial charge in [-0.25, -0.2) is 12.8 Å². The molecule has 1 aromatic rings. The van der Waals surface area contributed by atoms with Gasteiger partial charge in [0.25, 0.3) is 0 Å². The van der Waals surface area contributed by atoms with Gasteiger partial charge in [-0.3, -0.25) is 0 Å². The number of sulfone groups is 1. The second kappa shape index (κ2) is 3.77. The molecule has 1 rings (SSSR count). The Morgan fingerprint density at radius 2 is 1.73 bits per heavy atom. The Bertz CT molecular complexity index is 458. The maximum atomic E-state index is 12.6. The van der Waals surface area contributed by atoms with Crippen LogP contribution in [-0.4, -0.2) is 13.2 Å². The Labute approximate surface area is 89.4 Å². The summed E-state index contributed by atoms with van der Waals surface area (Å²) in [5.74, 6) is -0.453. The Balaban J connectivity index is 3.30. The molecular weight excluding hydrogens is 215 g/mol. The lowest BCUT2D eigenvalue weighted by Crippen LogP contribution is -2.29. The van der Waals surface area contributed by atoms with Crippen LogP contribution in [0.4, 0.5) is 4.39 Å². The van der Waals surface area contributed by atoms with Gasteiger partial charge in [0.15, 0.2) is 9.84 Å². The van der Waals surface area contributed by atoms with E-state index in [0.717, 1.165) is 12.1 Å². The minimum absolute atomic E-state index is 0.105. The van der Waals surface area contributed by atoms with Crippen LogP contribution in [0.15, 0.2) is 41.8 Å². The van der Waals surface area contributed by atoms with Crippen molar-refractivity contribution >= 4 is 9.84 Å². The molecule has 0 bridgehead atoms. The van der Waals surface area contributed by atoms with Crippen molar-refractivity contribution < 1.29 is 12.8 Å². The van der Waals surface area contributed by atoms with E-state index < -0.39 is 20.4 Å². The van der Waals surface area contributed by atoms with E-state index in [1.165, 1.54) is 18.2 Å². The molecule has 4 heteroatoms. The SMILES string of the molecule is C=CC(C)(C)S(=O)(=O)c1ccc(F)cc1. The van der Waals surface area contributed by atoms with Crippen molar-refractivity contribution in [2.75, 3.05) is 0 Å². The van der Waals surface area contributed by atoms with E-state index in [9.17, 15) is 12.8 Å². The first-order valence-electron chi connectivity index (χ1n) is 4.45. The van der Waals surface area contributed by atoms with E-state index >= 15 is 0 Å². The fraction of sp³-hybridized carbons (Fsp3) is 0.273. The molecule has 0 radical (unpaired) electrons. The first kappa shape index (κ1) is 11.9. The van der Waals surface area contributed by atoms with Crippen LogP contribution in [0.25, 0.3) is 0 Å². The van der Waals surface area contributed by atoms with E-state index in [1.54, 1.807) is 13.8 Å².